The second-order valence-corrected chi connectivity index (χ2v) is 7.89. The van der Waals surface area contributed by atoms with Crippen molar-refractivity contribution in [1.82, 2.24) is 9.78 Å². The third kappa shape index (κ3) is 4.35. The fourth-order valence-electron chi connectivity index (χ4n) is 2.57. The van der Waals surface area contributed by atoms with Crippen molar-refractivity contribution in [3.63, 3.8) is 0 Å². The van der Waals surface area contributed by atoms with Crippen molar-refractivity contribution in [2.24, 2.45) is 0 Å². The molecule has 1 aromatic heterocycles. The number of rotatable bonds is 6. The molecule has 8 heteroatoms. The van der Waals surface area contributed by atoms with Crippen LogP contribution >= 0.6 is 0 Å². The summed E-state index contributed by atoms with van der Waals surface area (Å²) in [5, 5.41) is 6.98. The first-order chi connectivity index (χ1) is 12.9. The average molecular weight is 385 g/mol. The van der Waals surface area contributed by atoms with Crippen LogP contribution in [0.25, 0.3) is 5.69 Å². The molecule has 7 nitrogen and oxygen atoms in total. The first-order valence-electron chi connectivity index (χ1n) is 8.18. The number of para-hydroxylation sites is 1. The number of sulfone groups is 1. The Balaban J connectivity index is 1.78. The van der Waals surface area contributed by atoms with Crippen molar-refractivity contribution < 1.29 is 17.9 Å². The van der Waals surface area contributed by atoms with Gasteiger partial charge in [-0.05, 0) is 43.3 Å². The van der Waals surface area contributed by atoms with E-state index >= 15 is 0 Å². The van der Waals surface area contributed by atoms with Gasteiger partial charge in [-0.1, -0.05) is 18.2 Å². The van der Waals surface area contributed by atoms with Crippen molar-refractivity contribution in [3.8, 4) is 11.4 Å². The van der Waals surface area contributed by atoms with Gasteiger partial charge in [0.2, 0.25) is 5.91 Å². The van der Waals surface area contributed by atoms with Gasteiger partial charge < -0.3 is 10.1 Å². The predicted octanol–water partition coefficient (Wildman–Crippen LogP) is 2.60. The summed E-state index contributed by atoms with van der Waals surface area (Å²) in [5.74, 6) is -0.351. The molecule has 0 spiro atoms. The molecular weight excluding hydrogens is 366 g/mol. The van der Waals surface area contributed by atoms with E-state index in [0.717, 1.165) is 5.69 Å². The lowest BCUT2D eigenvalue weighted by atomic mass is 10.3. The van der Waals surface area contributed by atoms with Crippen molar-refractivity contribution in [2.75, 3.05) is 18.2 Å². The molecule has 0 aliphatic rings. The number of aryl methyl sites for hydroxylation is 1. The lowest BCUT2D eigenvalue weighted by Crippen LogP contribution is -2.24. The number of anilines is 1. The van der Waals surface area contributed by atoms with Crippen LogP contribution in [0.5, 0.6) is 5.75 Å². The first kappa shape index (κ1) is 18.7. The maximum absolute atomic E-state index is 12.5. The fourth-order valence-corrected chi connectivity index (χ4v) is 3.71. The molecule has 0 saturated heterocycles. The Kier molecular flexibility index (Phi) is 5.27. The summed E-state index contributed by atoms with van der Waals surface area (Å²) < 4.78 is 31.5. The van der Waals surface area contributed by atoms with Gasteiger partial charge in [0, 0.05) is 6.07 Å². The van der Waals surface area contributed by atoms with Crippen LogP contribution in [0.2, 0.25) is 0 Å². The van der Waals surface area contributed by atoms with Gasteiger partial charge >= 0.3 is 0 Å². The monoisotopic (exact) mass is 385 g/mol. The van der Waals surface area contributed by atoms with E-state index < -0.39 is 21.5 Å². The number of amides is 1. The van der Waals surface area contributed by atoms with Gasteiger partial charge in [0.25, 0.3) is 0 Å². The largest absolute Gasteiger partial charge is 0.497 e. The Morgan fingerprint density at radius 2 is 1.78 bits per heavy atom. The number of hydrogen-bond acceptors (Lipinski definition) is 5. The van der Waals surface area contributed by atoms with Crippen LogP contribution < -0.4 is 10.1 Å². The summed E-state index contributed by atoms with van der Waals surface area (Å²) in [5.41, 5.74) is 1.46. The number of methoxy groups -OCH3 is 1. The SMILES string of the molecule is COc1ccc(S(=O)(=O)CC(=O)Nc2cc(C)nn2-c2ccccc2)cc1. The summed E-state index contributed by atoms with van der Waals surface area (Å²) in [6.45, 7) is 1.79. The van der Waals surface area contributed by atoms with Gasteiger partial charge in [0.15, 0.2) is 9.84 Å². The maximum Gasteiger partial charge on any atom is 0.241 e. The minimum atomic E-state index is -3.77. The topological polar surface area (TPSA) is 90.3 Å². The zero-order valence-electron chi connectivity index (χ0n) is 14.9. The molecule has 0 unspecified atom stereocenters. The van der Waals surface area contributed by atoms with Crippen LogP contribution in [0.1, 0.15) is 5.69 Å². The van der Waals surface area contributed by atoms with E-state index in [4.69, 9.17) is 4.74 Å². The summed E-state index contributed by atoms with van der Waals surface area (Å²) in [6, 6.07) is 16.9. The van der Waals surface area contributed by atoms with Gasteiger partial charge in [-0.15, -0.1) is 0 Å². The molecule has 3 rings (SSSR count). The molecule has 2 aromatic carbocycles. The second kappa shape index (κ2) is 7.63. The second-order valence-electron chi connectivity index (χ2n) is 5.90. The summed E-state index contributed by atoms with van der Waals surface area (Å²) in [7, 11) is -2.28. The van der Waals surface area contributed by atoms with Crippen LogP contribution in [-0.4, -0.2) is 37.0 Å². The Labute approximate surface area is 157 Å². The van der Waals surface area contributed by atoms with Crippen molar-refractivity contribution in [1.29, 1.82) is 0 Å². The number of aromatic nitrogens is 2. The number of nitrogens with zero attached hydrogens (tertiary/aromatic N) is 2. The third-order valence-electron chi connectivity index (χ3n) is 3.84. The van der Waals surface area contributed by atoms with E-state index in [2.05, 4.69) is 10.4 Å². The highest BCUT2D eigenvalue weighted by atomic mass is 32.2. The summed E-state index contributed by atoms with van der Waals surface area (Å²) in [6.07, 6.45) is 0. The number of hydrogen-bond donors (Lipinski definition) is 1. The lowest BCUT2D eigenvalue weighted by Gasteiger charge is -2.09. The van der Waals surface area contributed by atoms with Gasteiger partial charge in [-0.3, -0.25) is 4.79 Å². The van der Waals surface area contributed by atoms with Crippen LogP contribution in [0.3, 0.4) is 0 Å². The van der Waals surface area contributed by atoms with E-state index in [0.29, 0.717) is 17.3 Å². The standard InChI is InChI=1S/C19H19N3O4S/c1-14-12-18(22(21-14)15-6-4-3-5-7-15)20-19(23)13-27(24,25)17-10-8-16(26-2)9-11-17/h3-12H,13H2,1-2H3,(H,20,23). The number of nitrogens with one attached hydrogen (secondary N) is 1. The van der Waals surface area contributed by atoms with Crippen molar-refractivity contribution in [3.05, 3.63) is 66.4 Å². The normalized spacial score (nSPS) is 11.2. The van der Waals surface area contributed by atoms with Gasteiger partial charge in [-0.25, -0.2) is 13.1 Å². The number of carbonyl (C=O) groups is 1. The molecule has 0 aliphatic carbocycles. The average Bonchev–Trinajstić information content (AvgIpc) is 3.02. The summed E-state index contributed by atoms with van der Waals surface area (Å²) in [4.78, 5) is 12.4. The van der Waals surface area contributed by atoms with Crippen molar-refractivity contribution in [2.45, 2.75) is 11.8 Å². The molecule has 1 amide bonds. The number of benzene rings is 2. The van der Waals surface area contributed by atoms with Crippen LogP contribution in [-0.2, 0) is 14.6 Å². The van der Waals surface area contributed by atoms with E-state index in [1.54, 1.807) is 29.8 Å². The zero-order valence-corrected chi connectivity index (χ0v) is 15.7. The highest BCUT2D eigenvalue weighted by Gasteiger charge is 2.21. The van der Waals surface area contributed by atoms with Crippen LogP contribution in [0, 0.1) is 6.92 Å². The predicted molar refractivity (Wildman–Crippen MR) is 102 cm³/mol. The molecule has 0 fully saturated rings. The van der Waals surface area contributed by atoms with E-state index in [1.807, 2.05) is 30.3 Å². The first-order valence-corrected chi connectivity index (χ1v) is 9.83. The molecule has 0 bridgehead atoms. The molecule has 0 saturated carbocycles. The Hall–Kier alpha value is -3.13. The van der Waals surface area contributed by atoms with Crippen LogP contribution in [0.15, 0.2) is 65.6 Å². The van der Waals surface area contributed by atoms with E-state index in [-0.39, 0.29) is 4.90 Å². The quantitative estimate of drug-likeness (QED) is 0.704. The summed E-state index contributed by atoms with van der Waals surface area (Å²) >= 11 is 0. The zero-order chi connectivity index (χ0) is 19.4. The highest BCUT2D eigenvalue weighted by molar-refractivity contribution is 7.92. The Bertz CT molecular complexity index is 1040. The Morgan fingerprint density at radius 1 is 1.11 bits per heavy atom. The van der Waals surface area contributed by atoms with E-state index in [9.17, 15) is 13.2 Å². The molecular formula is C19H19N3O4S. The van der Waals surface area contributed by atoms with Gasteiger partial charge in [-0.2, -0.15) is 5.10 Å². The van der Waals surface area contributed by atoms with Crippen LogP contribution in [0.4, 0.5) is 5.82 Å². The molecule has 27 heavy (non-hydrogen) atoms. The minimum absolute atomic E-state index is 0.0613. The lowest BCUT2D eigenvalue weighted by molar-refractivity contribution is -0.113. The van der Waals surface area contributed by atoms with Gasteiger partial charge in [0.05, 0.1) is 23.4 Å². The molecule has 0 radical (unpaired) electrons. The van der Waals surface area contributed by atoms with E-state index in [1.165, 1.54) is 19.2 Å². The molecule has 0 atom stereocenters. The third-order valence-corrected chi connectivity index (χ3v) is 5.47. The molecule has 1 N–H and O–H groups in total. The Morgan fingerprint density at radius 3 is 2.41 bits per heavy atom. The smallest absolute Gasteiger partial charge is 0.241 e. The van der Waals surface area contributed by atoms with Crippen molar-refractivity contribution >= 4 is 21.6 Å². The molecule has 140 valence electrons. The molecule has 1 heterocycles. The van der Waals surface area contributed by atoms with Gasteiger partial charge in [0.1, 0.15) is 17.3 Å². The fraction of sp³-hybridized carbons (Fsp3) is 0.158. The number of carbonyl (C=O) groups excluding carboxylic acids is 1. The molecule has 0 aliphatic heterocycles. The minimum Gasteiger partial charge on any atom is -0.497 e. The number of ether oxygens (including phenoxy) is 1. The maximum atomic E-state index is 12.5. The molecule has 3 aromatic rings. The highest BCUT2D eigenvalue weighted by Crippen LogP contribution is 2.19.